The third-order valence-corrected chi connectivity index (χ3v) is 3.99. The zero-order valence-electron chi connectivity index (χ0n) is 12.9. The highest BCUT2D eigenvalue weighted by Gasteiger charge is 2.18. The van der Waals surface area contributed by atoms with Gasteiger partial charge in [0.05, 0.1) is 0 Å². The summed E-state index contributed by atoms with van der Waals surface area (Å²) in [5.41, 5.74) is 7.02. The average molecular weight is 277 g/mol. The number of benzene rings is 2. The van der Waals surface area contributed by atoms with Crippen LogP contribution < -0.4 is 0 Å². The molecule has 0 aliphatic rings. The summed E-state index contributed by atoms with van der Waals surface area (Å²) in [7, 11) is 0. The van der Waals surface area contributed by atoms with Crippen LogP contribution in [-0.4, -0.2) is 10.8 Å². The molecule has 1 aromatic heterocycles. The molecule has 0 radical (unpaired) electrons. The highest BCUT2D eigenvalue weighted by molar-refractivity contribution is 6.17. The van der Waals surface area contributed by atoms with Crippen LogP contribution in [0.5, 0.6) is 0 Å². The van der Waals surface area contributed by atoms with Gasteiger partial charge in [-0.05, 0) is 51.0 Å². The van der Waals surface area contributed by atoms with Gasteiger partial charge in [0.25, 0.3) is 0 Å². The van der Waals surface area contributed by atoms with Crippen LogP contribution in [0.25, 0.3) is 10.9 Å². The van der Waals surface area contributed by atoms with Crippen LogP contribution >= 0.6 is 0 Å². The molecule has 2 nitrogen and oxygen atoms in total. The van der Waals surface area contributed by atoms with E-state index in [1.807, 2.05) is 33.0 Å². The fourth-order valence-electron chi connectivity index (χ4n) is 3.10. The summed E-state index contributed by atoms with van der Waals surface area (Å²) in [5.74, 6) is 0.0989. The van der Waals surface area contributed by atoms with Crippen LogP contribution in [-0.2, 0) is 0 Å². The average Bonchev–Trinajstić information content (AvgIpc) is 2.80. The Hall–Kier alpha value is -2.35. The van der Waals surface area contributed by atoms with Crippen molar-refractivity contribution < 1.29 is 4.79 Å². The minimum Gasteiger partial charge on any atom is -0.360 e. The van der Waals surface area contributed by atoms with Gasteiger partial charge < -0.3 is 4.98 Å². The largest absolute Gasteiger partial charge is 0.360 e. The number of fused-ring (bicyclic) bond motifs is 1. The number of ketones is 1. The molecule has 0 bridgehead atoms. The van der Waals surface area contributed by atoms with Crippen molar-refractivity contribution in [1.29, 1.82) is 0 Å². The van der Waals surface area contributed by atoms with Gasteiger partial charge in [0.15, 0.2) is 5.78 Å². The number of hydrogen-bond acceptors (Lipinski definition) is 1. The Morgan fingerprint density at radius 3 is 2.24 bits per heavy atom. The van der Waals surface area contributed by atoms with Gasteiger partial charge in [0.1, 0.15) is 0 Å². The molecule has 0 saturated heterocycles. The zero-order chi connectivity index (χ0) is 15.1. The van der Waals surface area contributed by atoms with Crippen molar-refractivity contribution in [2.24, 2.45) is 0 Å². The standard InChI is InChI=1S/C19H19NO/c1-11-5-6-17-15(9-11)16(10-20-17)19(21)18-13(3)7-12(2)8-14(18)4/h5-10,20H,1-4H3. The van der Waals surface area contributed by atoms with Gasteiger partial charge in [0.2, 0.25) is 0 Å². The highest BCUT2D eigenvalue weighted by Crippen LogP contribution is 2.25. The van der Waals surface area contributed by atoms with E-state index in [4.69, 9.17) is 0 Å². The summed E-state index contributed by atoms with van der Waals surface area (Å²) in [5, 5.41) is 0.999. The van der Waals surface area contributed by atoms with E-state index in [2.05, 4.69) is 36.2 Å². The van der Waals surface area contributed by atoms with Gasteiger partial charge in [0, 0.05) is 28.2 Å². The van der Waals surface area contributed by atoms with E-state index in [0.29, 0.717) is 0 Å². The van der Waals surface area contributed by atoms with Gasteiger partial charge in [-0.1, -0.05) is 29.3 Å². The molecule has 21 heavy (non-hydrogen) atoms. The highest BCUT2D eigenvalue weighted by atomic mass is 16.1. The minimum absolute atomic E-state index is 0.0989. The number of rotatable bonds is 2. The Balaban J connectivity index is 2.20. The lowest BCUT2D eigenvalue weighted by Gasteiger charge is -2.10. The fourth-order valence-corrected chi connectivity index (χ4v) is 3.10. The zero-order valence-corrected chi connectivity index (χ0v) is 12.9. The summed E-state index contributed by atoms with van der Waals surface area (Å²) >= 11 is 0. The Labute approximate surface area is 124 Å². The molecule has 0 unspecified atom stereocenters. The van der Waals surface area contributed by atoms with Crippen LogP contribution in [0, 0.1) is 27.7 Å². The molecule has 0 saturated carbocycles. The van der Waals surface area contributed by atoms with Crippen LogP contribution in [0.4, 0.5) is 0 Å². The third-order valence-electron chi connectivity index (χ3n) is 3.99. The van der Waals surface area contributed by atoms with Crippen molar-refractivity contribution in [2.75, 3.05) is 0 Å². The molecule has 0 amide bonds. The molecule has 106 valence electrons. The Kier molecular flexibility index (Phi) is 3.17. The van der Waals surface area contributed by atoms with Crippen molar-refractivity contribution in [3.8, 4) is 0 Å². The molecule has 2 heteroatoms. The minimum atomic E-state index is 0.0989. The number of aryl methyl sites for hydroxylation is 4. The lowest BCUT2D eigenvalue weighted by molar-refractivity contribution is 0.103. The molecule has 1 N–H and O–H groups in total. The second-order valence-electron chi connectivity index (χ2n) is 5.85. The smallest absolute Gasteiger partial charge is 0.195 e. The second-order valence-corrected chi connectivity index (χ2v) is 5.85. The van der Waals surface area contributed by atoms with E-state index in [9.17, 15) is 4.79 Å². The number of carbonyl (C=O) groups excluding carboxylic acids is 1. The number of aromatic amines is 1. The second kappa shape index (κ2) is 4.88. The van der Waals surface area contributed by atoms with E-state index in [1.165, 1.54) is 5.56 Å². The molecule has 1 heterocycles. The van der Waals surface area contributed by atoms with E-state index < -0.39 is 0 Å². The number of hydrogen-bond donors (Lipinski definition) is 1. The molecule has 2 aromatic carbocycles. The molecule has 0 aliphatic carbocycles. The summed E-state index contributed by atoms with van der Waals surface area (Å²) in [6, 6.07) is 10.3. The number of nitrogens with one attached hydrogen (secondary N) is 1. The van der Waals surface area contributed by atoms with Crippen molar-refractivity contribution in [3.63, 3.8) is 0 Å². The molecule has 3 aromatic rings. The van der Waals surface area contributed by atoms with E-state index in [-0.39, 0.29) is 5.78 Å². The Bertz CT molecular complexity index is 832. The van der Waals surface area contributed by atoms with Crippen LogP contribution in [0.3, 0.4) is 0 Å². The number of carbonyl (C=O) groups is 1. The van der Waals surface area contributed by atoms with Gasteiger partial charge in [-0.25, -0.2) is 0 Å². The maximum atomic E-state index is 13.0. The number of aromatic nitrogens is 1. The fraction of sp³-hybridized carbons (Fsp3) is 0.211. The van der Waals surface area contributed by atoms with Crippen LogP contribution in [0.2, 0.25) is 0 Å². The van der Waals surface area contributed by atoms with Crippen molar-refractivity contribution >= 4 is 16.7 Å². The quantitative estimate of drug-likeness (QED) is 0.680. The summed E-state index contributed by atoms with van der Waals surface area (Å²) in [4.78, 5) is 16.2. The maximum Gasteiger partial charge on any atom is 0.195 e. The summed E-state index contributed by atoms with van der Waals surface area (Å²) < 4.78 is 0. The lowest BCUT2D eigenvalue weighted by atomic mass is 9.93. The van der Waals surface area contributed by atoms with Crippen LogP contribution in [0.15, 0.2) is 36.5 Å². The van der Waals surface area contributed by atoms with E-state index >= 15 is 0 Å². The molecule has 0 fully saturated rings. The van der Waals surface area contributed by atoms with Gasteiger partial charge >= 0.3 is 0 Å². The third kappa shape index (κ3) is 2.27. The monoisotopic (exact) mass is 277 g/mol. The Morgan fingerprint density at radius 2 is 1.57 bits per heavy atom. The topological polar surface area (TPSA) is 32.9 Å². The summed E-state index contributed by atoms with van der Waals surface area (Å²) in [6.07, 6.45) is 1.82. The first-order chi connectivity index (χ1) is 9.97. The molecular weight excluding hydrogens is 258 g/mol. The van der Waals surface area contributed by atoms with E-state index in [1.54, 1.807) is 0 Å². The van der Waals surface area contributed by atoms with Gasteiger partial charge in [-0.2, -0.15) is 0 Å². The van der Waals surface area contributed by atoms with Crippen LogP contribution in [0.1, 0.15) is 38.2 Å². The predicted octanol–water partition coefficient (Wildman–Crippen LogP) is 4.63. The van der Waals surface area contributed by atoms with E-state index in [0.717, 1.165) is 38.7 Å². The summed E-state index contributed by atoms with van der Waals surface area (Å²) in [6.45, 7) is 8.12. The van der Waals surface area contributed by atoms with Crippen molar-refractivity contribution in [1.82, 2.24) is 4.98 Å². The first-order valence-corrected chi connectivity index (χ1v) is 7.17. The van der Waals surface area contributed by atoms with Crippen molar-refractivity contribution in [2.45, 2.75) is 27.7 Å². The lowest BCUT2D eigenvalue weighted by Crippen LogP contribution is -2.06. The first-order valence-electron chi connectivity index (χ1n) is 7.17. The maximum absolute atomic E-state index is 13.0. The molecular formula is C19H19NO. The molecule has 0 atom stereocenters. The normalized spacial score (nSPS) is 11.0. The Morgan fingerprint density at radius 1 is 0.905 bits per heavy atom. The van der Waals surface area contributed by atoms with Crippen molar-refractivity contribution in [3.05, 3.63) is 69.9 Å². The first kappa shape index (κ1) is 13.6. The molecule has 0 spiro atoms. The SMILES string of the molecule is Cc1cc(C)c(C(=O)c2c[nH]c3ccc(C)cc23)c(C)c1. The molecule has 0 aliphatic heterocycles. The van der Waals surface area contributed by atoms with Gasteiger partial charge in [-0.3, -0.25) is 4.79 Å². The number of H-pyrrole nitrogens is 1. The molecule has 3 rings (SSSR count). The predicted molar refractivity (Wildman–Crippen MR) is 87.1 cm³/mol. The van der Waals surface area contributed by atoms with Gasteiger partial charge in [-0.15, -0.1) is 0 Å².